The minimum Gasteiger partial charge on any atom is -0.481 e. The molecule has 0 saturated carbocycles. The number of urea groups is 1. The third-order valence-electron chi connectivity index (χ3n) is 3.69. The van der Waals surface area contributed by atoms with E-state index in [1.165, 1.54) is 0 Å². The van der Waals surface area contributed by atoms with E-state index in [1.807, 2.05) is 0 Å². The first-order valence-corrected chi connectivity index (χ1v) is 7.38. The number of aromatic nitrogens is 2. The largest absolute Gasteiger partial charge is 0.481 e. The van der Waals surface area contributed by atoms with Crippen LogP contribution in [0.1, 0.15) is 31.5 Å². The van der Waals surface area contributed by atoms with Gasteiger partial charge in [-0.2, -0.15) is 0 Å². The van der Waals surface area contributed by atoms with Crippen LogP contribution in [0.5, 0.6) is 0 Å². The monoisotopic (exact) mass is 294 g/mol. The van der Waals surface area contributed by atoms with Crippen molar-refractivity contribution in [3.8, 4) is 0 Å². The number of H-pyrrole nitrogens is 1. The number of nitrogens with zero attached hydrogens (tertiary/aromatic N) is 2. The summed E-state index contributed by atoms with van der Waals surface area (Å²) in [4.78, 5) is 31.6. The van der Waals surface area contributed by atoms with E-state index >= 15 is 0 Å². The quantitative estimate of drug-likeness (QED) is 0.687. The van der Waals surface area contributed by atoms with Gasteiger partial charge < -0.3 is 20.3 Å². The molecule has 0 aliphatic carbocycles. The average molecular weight is 294 g/mol. The van der Waals surface area contributed by atoms with Crippen molar-refractivity contribution in [2.75, 3.05) is 19.6 Å². The lowest BCUT2D eigenvalue weighted by Crippen LogP contribution is -2.46. The lowest BCUT2D eigenvalue weighted by atomic mass is 9.95. The Labute approximate surface area is 123 Å². The van der Waals surface area contributed by atoms with Gasteiger partial charge in [0.25, 0.3) is 0 Å². The number of carbonyl (C=O) groups is 2. The van der Waals surface area contributed by atoms with Crippen molar-refractivity contribution in [2.24, 2.45) is 5.92 Å². The van der Waals surface area contributed by atoms with Crippen LogP contribution in [0.4, 0.5) is 4.79 Å². The number of nitrogens with one attached hydrogen (secondary N) is 2. The molecule has 0 radical (unpaired) electrons. The van der Waals surface area contributed by atoms with Crippen LogP contribution in [0.3, 0.4) is 0 Å². The number of hydrogen-bond donors (Lipinski definition) is 3. The zero-order chi connectivity index (χ0) is 15.1. The number of amides is 2. The van der Waals surface area contributed by atoms with Crippen molar-refractivity contribution in [1.29, 1.82) is 0 Å². The van der Waals surface area contributed by atoms with E-state index in [4.69, 9.17) is 5.11 Å². The van der Waals surface area contributed by atoms with Crippen LogP contribution in [0.25, 0.3) is 0 Å². The maximum absolute atomic E-state index is 12.0. The van der Waals surface area contributed by atoms with Crippen LogP contribution in [0.2, 0.25) is 0 Å². The molecule has 7 nitrogen and oxygen atoms in total. The fourth-order valence-electron chi connectivity index (χ4n) is 2.66. The Hall–Kier alpha value is -2.05. The molecule has 0 bridgehead atoms. The van der Waals surface area contributed by atoms with Gasteiger partial charge in [0.15, 0.2) is 0 Å². The molecular weight excluding hydrogens is 272 g/mol. The summed E-state index contributed by atoms with van der Waals surface area (Å²) < 4.78 is 0. The molecule has 2 rings (SSSR count). The molecule has 0 spiro atoms. The van der Waals surface area contributed by atoms with Crippen LogP contribution in [0, 0.1) is 5.92 Å². The van der Waals surface area contributed by atoms with Gasteiger partial charge in [0.1, 0.15) is 5.82 Å². The molecule has 1 atom stereocenters. The van der Waals surface area contributed by atoms with E-state index in [-0.39, 0.29) is 18.4 Å². The molecule has 21 heavy (non-hydrogen) atoms. The first-order valence-electron chi connectivity index (χ1n) is 7.38. The van der Waals surface area contributed by atoms with Gasteiger partial charge in [-0.1, -0.05) is 0 Å². The van der Waals surface area contributed by atoms with Crippen LogP contribution in [-0.4, -0.2) is 51.6 Å². The average Bonchev–Trinajstić information content (AvgIpc) is 2.96. The number of imidazole rings is 1. The van der Waals surface area contributed by atoms with Crippen molar-refractivity contribution < 1.29 is 14.7 Å². The molecule has 1 fully saturated rings. The van der Waals surface area contributed by atoms with Gasteiger partial charge in [-0.3, -0.25) is 4.79 Å². The third-order valence-corrected chi connectivity index (χ3v) is 3.69. The summed E-state index contributed by atoms with van der Waals surface area (Å²) in [6, 6.07) is -0.0930. The predicted octanol–water partition coefficient (Wildman–Crippen LogP) is 1.24. The van der Waals surface area contributed by atoms with E-state index in [0.717, 1.165) is 31.5 Å². The van der Waals surface area contributed by atoms with Crippen LogP contribution >= 0.6 is 0 Å². The van der Waals surface area contributed by atoms with Gasteiger partial charge in [0.05, 0.1) is 0 Å². The molecule has 1 aromatic heterocycles. The Morgan fingerprint density at radius 1 is 1.52 bits per heavy atom. The molecule has 1 unspecified atom stereocenters. The first kappa shape index (κ1) is 15.3. The summed E-state index contributed by atoms with van der Waals surface area (Å²) >= 11 is 0. The van der Waals surface area contributed by atoms with E-state index in [9.17, 15) is 9.59 Å². The second kappa shape index (κ2) is 7.66. The summed E-state index contributed by atoms with van der Waals surface area (Å²) in [5, 5.41) is 11.7. The van der Waals surface area contributed by atoms with E-state index in [2.05, 4.69) is 15.3 Å². The van der Waals surface area contributed by atoms with E-state index in [1.54, 1.807) is 17.3 Å². The van der Waals surface area contributed by atoms with Crippen molar-refractivity contribution >= 4 is 12.0 Å². The van der Waals surface area contributed by atoms with Gasteiger partial charge in [-0.25, -0.2) is 9.78 Å². The Bertz CT molecular complexity index is 461. The Balaban J connectivity index is 1.66. The minimum atomic E-state index is -0.791. The number of likely N-dealkylation sites (tertiary alicyclic amines) is 1. The van der Waals surface area contributed by atoms with E-state index in [0.29, 0.717) is 19.6 Å². The molecule has 7 heteroatoms. The molecular formula is C14H22N4O3. The molecule has 1 aliphatic heterocycles. The zero-order valence-corrected chi connectivity index (χ0v) is 12.0. The number of rotatable bonds is 6. The minimum absolute atomic E-state index is 0.0742. The Kier molecular flexibility index (Phi) is 5.59. The summed E-state index contributed by atoms with van der Waals surface area (Å²) in [5.41, 5.74) is 0. The highest BCUT2D eigenvalue weighted by Crippen LogP contribution is 2.19. The van der Waals surface area contributed by atoms with Gasteiger partial charge >= 0.3 is 12.0 Å². The number of piperidine rings is 1. The number of carboxylic acids is 1. The summed E-state index contributed by atoms with van der Waals surface area (Å²) in [6.07, 6.45) is 7.02. The van der Waals surface area contributed by atoms with Crippen molar-refractivity contribution in [3.63, 3.8) is 0 Å². The maximum atomic E-state index is 12.0. The second-order valence-corrected chi connectivity index (χ2v) is 5.42. The molecule has 116 valence electrons. The maximum Gasteiger partial charge on any atom is 0.317 e. The number of hydrogen-bond acceptors (Lipinski definition) is 3. The summed E-state index contributed by atoms with van der Waals surface area (Å²) in [5.74, 6) is 0.203. The number of aryl methyl sites for hydroxylation is 1. The standard InChI is InChI=1S/C14H22N4O3/c19-13(20)9-11-3-2-8-18(10-11)14(21)17-5-1-4-12-15-6-7-16-12/h6-7,11H,1-5,8-10H2,(H,15,16)(H,17,21)(H,19,20). The molecule has 1 aliphatic rings. The highest BCUT2D eigenvalue weighted by Gasteiger charge is 2.24. The topological polar surface area (TPSA) is 98.3 Å². The molecule has 3 N–H and O–H groups in total. The SMILES string of the molecule is O=C(O)CC1CCCN(C(=O)NCCCc2ncc[nH]2)C1. The number of carbonyl (C=O) groups excluding carboxylic acids is 1. The number of aliphatic carboxylic acids is 1. The fraction of sp³-hybridized carbons (Fsp3) is 0.643. The van der Waals surface area contributed by atoms with Gasteiger partial charge in [0.2, 0.25) is 0 Å². The Morgan fingerprint density at radius 2 is 2.38 bits per heavy atom. The van der Waals surface area contributed by atoms with Crippen molar-refractivity contribution in [1.82, 2.24) is 20.2 Å². The molecule has 1 aromatic rings. The lowest BCUT2D eigenvalue weighted by Gasteiger charge is -2.32. The number of aromatic amines is 1. The van der Waals surface area contributed by atoms with Gasteiger partial charge in [-0.15, -0.1) is 0 Å². The first-order chi connectivity index (χ1) is 10.1. The second-order valence-electron chi connectivity index (χ2n) is 5.42. The fourth-order valence-corrected chi connectivity index (χ4v) is 2.66. The summed E-state index contributed by atoms with van der Waals surface area (Å²) in [7, 11) is 0. The van der Waals surface area contributed by atoms with Gasteiger partial charge in [0, 0.05) is 44.9 Å². The van der Waals surface area contributed by atoms with Crippen LogP contribution in [0.15, 0.2) is 12.4 Å². The van der Waals surface area contributed by atoms with Crippen LogP contribution in [-0.2, 0) is 11.2 Å². The highest BCUT2D eigenvalue weighted by atomic mass is 16.4. The summed E-state index contributed by atoms with van der Waals surface area (Å²) in [6.45, 7) is 1.84. The molecule has 2 amide bonds. The smallest absolute Gasteiger partial charge is 0.317 e. The van der Waals surface area contributed by atoms with Crippen molar-refractivity contribution in [2.45, 2.75) is 32.1 Å². The van der Waals surface area contributed by atoms with E-state index < -0.39 is 5.97 Å². The van der Waals surface area contributed by atoms with Gasteiger partial charge in [-0.05, 0) is 25.2 Å². The molecule has 1 saturated heterocycles. The zero-order valence-electron chi connectivity index (χ0n) is 12.0. The van der Waals surface area contributed by atoms with Crippen LogP contribution < -0.4 is 5.32 Å². The normalized spacial score (nSPS) is 18.5. The third kappa shape index (κ3) is 5.09. The number of carboxylic acid groups (broad SMARTS) is 1. The highest BCUT2D eigenvalue weighted by molar-refractivity contribution is 5.74. The van der Waals surface area contributed by atoms with Crippen molar-refractivity contribution in [3.05, 3.63) is 18.2 Å². The lowest BCUT2D eigenvalue weighted by molar-refractivity contribution is -0.138. The predicted molar refractivity (Wildman–Crippen MR) is 76.9 cm³/mol. The molecule has 0 aromatic carbocycles. The Morgan fingerprint density at radius 3 is 3.10 bits per heavy atom. The molecule has 2 heterocycles.